The molecule has 29 heavy (non-hydrogen) atoms. The molecule has 3 N–H and O–H groups in total. The van der Waals surface area contributed by atoms with Crippen molar-refractivity contribution in [2.75, 3.05) is 17.7 Å². The number of anilines is 2. The minimum atomic E-state index is -0.535. The van der Waals surface area contributed by atoms with E-state index >= 15 is 0 Å². The molecule has 0 saturated heterocycles. The summed E-state index contributed by atoms with van der Waals surface area (Å²) in [5.41, 5.74) is 1.93. The van der Waals surface area contributed by atoms with E-state index in [2.05, 4.69) is 26.1 Å². The van der Waals surface area contributed by atoms with Gasteiger partial charge < -0.3 is 16.0 Å². The molecule has 9 nitrogen and oxygen atoms in total. The van der Waals surface area contributed by atoms with Gasteiger partial charge in [0.15, 0.2) is 0 Å². The van der Waals surface area contributed by atoms with Crippen LogP contribution in [0.4, 0.5) is 11.4 Å². The molecule has 0 bridgehead atoms. The van der Waals surface area contributed by atoms with Crippen LogP contribution in [0.2, 0.25) is 0 Å². The number of carbonyl (C=O) groups excluding carboxylic acids is 2. The zero-order valence-electron chi connectivity index (χ0n) is 16.4. The molecule has 2 unspecified atom stereocenters. The molecule has 2 amide bonds. The molecule has 0 aliphatic rings. The second-order valence-corrected chi connectivity index (χ2v) is 6.39. The van der Waals surface area contributed by atoms with Crippen LogP contribution in [0.5, 0.6) is 0 Å². The summed E-state index contributed by atoms with van der Waals surface area (Å²) in [6.45, 7) is 1.76. The fourth-order valence-corrected chi connectivity index (χ4v) is 2.80. The van der Waals surface area contributed by atoms with Crippen molar-refractivity contribution < 1.29 is 9.59 Å². The number of likely N-dealkylation sites (N-methyl/N-ethyl adjacent to an activating group) is 1. The fourth-order valence-electron chi connectivity index (χ4n) is 2.80. The van der Waals surface area contributed by atoms with Gasteiger partial charge in [0.05, 0.1) is 6.20 Å². The third kappa shape index (κ3) is 5.43. The summed E-state index contributed by atoms with van der Waals surface area (Å²) in [4.78, 5) is 25.0. The molecule has 2 aromatic heterocycles. The SMILES string of the molecule is CNC(C(=O)Nc1cccc(NC(=O)C(C)n2cccn2)c1)c1cnn(C)c1.Cl. The van der Waals surface area contributed by atoms with Gasteiger partial charge in [0.1, 0.15) is 12.1 Å². The Labute approximate surface area is 174 Å². The third-order valence-corrected chi connectivity index (χ3v) is 4.31. The second kappa shape index (κ2) is 9.85. The molecule has 10 heteroatoms. The molecular weight excluding hydrogens is 394 g/mol. The fraction of sp³-hybridized carbons (Fsp3) is 0.263. The van der Waals surface area contributed by atoms with Gasteiger partial charge >= 0.3 is 0 Å². The lowest BCUT2D eigenvalue weighted by Crippen LogP contribution is -2.30. The molecule has 0 aliphatic carbocycles. The number of rotatable bonds is 7. The van der Waals surface area contributed by atoms with Crippen molar-refractivity contribution in [1.29, 1.82) is 0 Å². The van der Waals surface area contributed by atoms with Gasteiger partial charge in [0, 0.05) is 42.6 Å². The number of carbonyl (C=O) groups is 2. The maximum atomic E-state index is 12.6. The molecule has 0 aliphatic heterocycles. The Morgan fingerprint density at radius 1 is 1.07 bits per heavy atom. The molecule has 154 valence electrons. The van der Waals surface area contributed by atoms with Gasteiger partial charge in [-0.25, -0.2) is 0 Å². The average Bonchev–Trinajstić information content (AvgIpc) is 3.34. The first kappa shape index (κ1) is 22.1. The van der Waals surface area contributed by atoms with E-state index in [0.717, 1.165) is 5.56 Å². The molecule has 0 radical (unpaired) electrons. The lowest BCUT2D eigenvalue weighted by Gasteiger charge is -2.16. The highest BCUT2D eigenvalue weighted by molar-refractivity contribution is 5.97. The minimum absolute atomic E-state index is 0. The van der Waals surface area contributed by atoms with Crippen LogP contribution in [0.1, 0.15) is 24.6 Å². The summed E-state index contributed by atoms with van der Waals surface area (Å²) >= 11 is 0. The predicted octanol–water partition coefficient (Wildman–Crippen LogP) is 2.14. The van der Waals surface area contributed by atoms with Crippen molar-refractivity contribution >= 4 is 35.6 Å². The Balaban J connectivity index is 0.00000300. The topological polar surface area (TPSA) is 106 Å². The number of aryl methyl sites for hydroxylation is 1. The third-order valence-electron chi connectivity index (χ3n) is 4.31. The average molecular weight is 418 g/mol. The van der Waals surface area contributed by atoms with Gasteiger partial charge in [-0.05, 0) is 38.2 Å². The standard InChI is InChI=1S/C19H23N7O2.ClH/c1-13(26-9-5-8-21-26)18(27)23-15-6-4-7-16(10-15)24-19(28)17(20-2)14-11-22-25(3)12-14;/h4-13,17,20H,1-3H3,(H,23,27)(H,24,28);1H. The second-order valence-electron chi connectivity index (χ2n) is 6.39. The molecule has 0 fully saturated rings. The first-order valence-corrected chi connectivity index (χ1v) is 8.84. The summed E-state index contributed by atoms with van der Waals surface area (Å²) in [6.07, 6.45) is 6.79. The van der Waals surface area contributed by atoms with E-state index in [9.17, 15) is 9.59 Å². The van der Waals surface area contributed by atoms with Crippen LogP contribution in [0.25, 0.3) is 0 Å². The van der Waals surface area contributed by atoms with Crippen LogP contribution in [0, 0.1) is 0 Å². The number of nitrogens with zero attached hydrogens (tertiary/aromatic N) is 4. The van der Waals surface area contributed by atoms with Crippen molar-refractivity contribution in [3.8, 4) is 0 Å². The van der Waals surface area contributed by atoms with E-state index in [4.69, 9.17) is 0 Å². The molecule has 2 atom stereocenters. The summed E-state index contributed by atoms with van der Waals surface area (Å²) in [7, 11) is 3.51. The van der Waals surface area contributed by atoms with Crippen molar-refractivity contribution in [3.05, 3.63) is 60.7 Å². The lowest BCUT2D eigenvalue weighted by atomic mass is 10.1. The van der Waals surface area contributed by atoms with Crippen LogP contribution in [0.15, 0.2) is 55.1 Å². The normalized spacial score (nSPS) is 12.5. The smallest absolute Gasteiger partial charge is 0.248 e. The molecule has 3 rings (SSSR count). The van der Waals surface area contributed by atoms with E-state index < -0.39 is 12.1 Å². The number of benzene rings is 1. The van der Waals surface area contributed by atoms with Crippen molar-refractivity contribution in [2.45, 2.75) is 19.0 Å². The lowest BCUT2D eigenvalue weighted by molar-refractivity contribution is -0.119. The highest BCUT2D eigenvalue weighted by Crippen LogP contribution is 2.19. The van der Waals surface area contributed by atoms with Gasteiger partial charge in [-0.1, -0.05) is 6.07 Å². The van der Waals surface area contributed by atoms with Crippen molar-refractivity contribution in [3.63, 3.8) is 0 Å². The van der Waals surface area contributed by atoms with Crippen molar-refractivity contribution in [2.24, 2.45) is 7.05 Å². The van der Waals surface area contributed by atoms with Crippen LogP contribution in [0.3, 0.4) is 0 Å². The molecule has 2 heterocycles. The first-order valence-electron chi connectivity index (χ1n) is 8.84. The van der Waals surface area contributed by atoms with Crippen LogP contribution >= 0.6 is 12.4 Å². The zero-order chi connectivity index (χ0) is 20.1. The number of halogens is 1. The van der Waals surface area contributed by atoms with E-state index in [1.807, 2.05) is 0 Å². The van der Waals surface area contributed by atoms with E-state index in [0.29, 0.717) is 11.4 Å². The van der Waals surface area contributed by atoms with Crippen LogP contribution in [-0.4, -0.2) is 38.4 Å². The maximum absolute atomic E-state index is 12.6. The number of hydrogen-bond donors (Lipinski definition) is 3. The van der Waals surface area contributed by atoms with E-state index in [-0.39, 0.29) is 24.2 Å². The molecule has 1 aromatic carbocycles. The quantitative estimate of drug-likeness (QED) is 0.546. The Kier molecular flexibility index (Phi) is 7.52. The van der Waals surface area contributed by atoms with Gasteiger partial charge in [-0.15, -0.1) is 12.4 Å². The van der Waals surface area contributed by atoms with Gasteiger partial charge in [-0.2, -0.15) is 10.2 Å². The number of nitrogens with one attached hydrogen (secondary N) is 3. The first-order chi connectivity index (χ1) is 13.5. The summed E-state index contributed by atoms with van der Waals surface area (Å²) in [5, 5.41) is 16.9. The monoisotopic (exact) mass is 417 g/mol. The predicted molar refractivity (Wildman–Crippen MR) is 113 cm³/mol. The molecule has 0 saturated carbocycles. The highest BCUT2D eigenvalue weighted by Gasteiger charge is 2.20. The minimum Gasteiger partial charge on any atom is -0.324 e. The van der Waals surface area contributed by atoms with Crippen molar-refractivity contribution in [1.82, 2.24) is 24.9 Å². The highest BCUT2D eigenvalue weighted by atomic mass is 35.5. The zero-order valence-corrected chi connectivity index (χ0v) is 17.2. The van der Waals surface area contributed by atoms with E-state index in [1.165, 1.54) is 0 Å². The Morgan fingerprint density at radius 3 is 2.31 bits per heavy atom. The summed E-state index contributed by atoms with van der Waals surface area (Å²) in [5.74, 6) is -0.417. The summed E-state index contributed by atoms with van der Waals surface area (Å²) < 4.78 is 3.22. The molecule has 3 aromatic rings. The Bertz CT molecular complexity index is 955. The van der Waals surface area contributed by atoms with Crippen LogP contribution in [-0.2, 0) is 16.6 Å². The van der Waals surface area contributed by atoms with Crippen LogP contribution < -0.4 is 16.0 Å². The molecular formula is C19H24ClN7O2. The maximum Gasteiger partial charge on any atom is 0.248 e. The molecule has 0 spiro atoms. The van der Waals surface area contributed by atoms with Gasteiger partial charge in [0.25, 0.3) is 0 Å². The summed E-state index contributed by atoms with van der Waals surface area (Å²) in [6, 6.07) is 7.78. The van der Waals surface area contributed by atoms with Gasteiger partial charge in [0.2, 0.25) is 11.8 Å². The van der Waals surface area contributed by atoms with E-state index in [1.54, 1.807) is 85.5 Å². The number of amides is 2. The van der Waals surface area contributed by atoms with Gasteiger partial charge in [-0.3, -0.25) is 19.0 Å². The Hall–Kier alpha value is -3.17. The Morgan fingerprint density at radius 2 is 1.76 bits per heavy atom. The number of aromatic nitrogens is 4. The number of hydrogen-bond acceptors (Lipinski definition) is 5. The largest absolute Gasteiger partial charge is 0.324 e.